The quantitative estimate of drug-likeness (QED) is 0.688. The van der Waals surface area contributed by atoms with E-state index in [0.29, 0.717) is 22.2 Å². The van der Waals surface area contributed by atoms with Gasteiger partial charge in [-0.15, -0.1) is 0 Å². The average Bonchev–Trinajstić information content (AvgIpc) is 2.55. The maximum Gasteiger partial charge on any atom is 0.240 e. The molecule has 2 rings (SSSR count). The molecule has 2 aromatic rings. The summed E-state index contributed by atoms with van der Waals surface area (Å²) < 4.78 is 39.2. The predicted molar refractivity (Wildman–Crippen MR) is 95.9 cm³/mol. The van der Waals surface area contributed by atoms with Crippen molar-refractivity contribution in [2.24, 2.45) is 0 Å². The molecule has 0 aliphatic carbocycles. The maximum absolute atomic E-state index is 12.8. The third kappa shape index (κ3) is 5.97. The number of carbonyl (C=O) groups excluding carboxylic acids is 1. The standard InChI is InChI=1S/C16H15Cl2FN2O3S/c17-14-8-5-12(10-15(14)18)21-16(22)2-1-9-20-25(23,24)13-6-3-11(19)4-7-13/h3-8,10,20H,1-2,9H2,(H,21,22). The van der Waals surface area contributed by atoms with Crippen molar-refractivity contribution in [3.05, 3.63) is 58.3 Å². The number of sulfonamides is 1. The van der Waals surface area contributed by atoms with Gasteiger partial charge in [0.2, 0.25) is 15.9 Å². The molecule has 2 N–H and O–H groups in total. The summed E-state index contributed by atoms with van der Waals surface area (Å²) in [5.74, 6) is -0.794. The first-order chi connectivity index (χ1) is 11.8. The Bertz CT molecular complexity index is 858. The lowest BCUT2D eigenvalue weighted by Crippen LogP contribution is -2.25. The molecular weight excluding hydrogens is 390 g/mol. The van der Waals surface area contributed by atoms with Gasteiger partial charge in [-0.2, -0.15) is 0 Å². The smallest absolute Gasteiger partial charge is 0.240 e. The Morgan fingerprint density at radius 2 is 1.72 bits per heavy atom. The van der Waals surface area contributed by atoms with Gasteiger partial charge < -0.3 is 5.32 Å². The summed E-state index contributed by atoms with van der Waals surface area (Å²) in [7, 11) is -3.72. The lowest BCUT2D eigenvalue weighted by Gasteiger charge is -2.08. The first-order valence-electron chi connectivity index (χ1n) is 7.28. The number of anilines is 1. The van der Waals surface area contributed by atoms with Gasteiger partial charge in [0.15, 0.2) is 0 Å². The third-order valence-corrected chi connectivity index (χ3v) is 5.42. The topological polar surface area (TPSA) is 75.3 Å². The molecule has 0 saturated heterocycles. The van der Waals surface area contributed by atoms with Crippen LogP contribution in [0.15, 0.2) is 47.4 Å². The predicted octanol–water partition coefficient (Wildman–Crippen LogP) is 3.83. The molecule has 0 saturated carbocycles. The zero-order chi connectivity index (χ0) is 18.4. The number of rotatable bonds is 7. The van der Waals surface area contributed by atoms with Crippen LogP contribution in [-0.4, -0.2) is 20.9 Å². The number of carbonyl (C=O) groups is 1. The zero-order valence-electron chi connectivity index (χ0n) is 12.9. The van der Waals surface area contributed by atoms with Gasteiger partial charge >= 0.3 is 0 Å². The minimum atomic E-state index is -3.72. The van der Waals surface area contributed by atoms with E-state index >= 15 is 0 Å². The molecule has 2 aromatic carbocycles. The highest BCUT2D eigenvalue weighted by molar-refractivity contribution is 7.89. The molecule has 0 fully saturated rings. The first-order valence-corrected chi connectivity index (χ1v) is 9.52. The molecule has 134 valence electrons. The average molecular weight is 405 g/mol. The van der Waals surface area contributed by atoms with E-state index in [-0.39, 0.29) is 23.8 Å². The van der Waals surface area contributed by atoms with E-state index in [1.165, 1.54) is 18.2 Å². The maximum atomic E-state index is 12.8. The second kappa shape index (κ2) is 8.62. The molecule has 0 aliphatic heterocycles. The molecule has 1 amide bonds. The Morgan fingerprint density at radius 3 is 2.36 bits per heavy atom. The van der Waals surface area contributed by atoms with E-state index in [4.69, 9.17) is 23.2 Å². The number of nitrogens with one attached hydrogen (secondary N) is 2. The van der Waals surface area contributed by atoms with E-state index in [9.17, 15) is 17.6 Å². The minimum absolute atomic E-state index is 0.0332. The Morgan fingerprint density at radius 1 is 1.04 bits per heavy atom. The fourth-order valence-corrected chi connectivity index (χ4v) is 3.32. The largest absolute Gasteiger partial charge is 0.326 e. The highest BCUT2D eigenvalue weighted by Gasteiger charge is 2.13. The molecule has 0 aliphatic rings. The van der Waals surface area contributed by atoms with Crippen molar-refractivity contribution < 1.29 is 17.6 Å². The van der Waals surface area contributed by atoms with Crippen LogP contribution in [0.2, 0.25) is 10.0 Å². The molecule has 0 heterocycles. The molecule has 5 nitrogen and oxygen atoms in total. The van der Waals surface area contributed by atoms with Crippen molar-refractivity contribution in [3.8, 4) is 0 Å². The number of hydrogen-bond acceptors (Lipinski definition) is 3. The highest BCUT2D eigenvalue weighted by Crippen LogP contribution is 2.25. The van der Waals surface area contributed by atoms with Gasteiger partial charge in [-0.05, 0) is 48.9 Å². The van der Waals surface area contributed by atoms with Crippen LogP contribution in [0.4, 0.5) is 10.1 Å². The number of amides is 1. The number of halogens is 3. The Kier molecular flexibility index (Phi) is 6.78. The Balaban J connectivity index is 1.79. The van der Waals surface area contributed by atoms with Gasteiger partial charge in [0.1, 0.15) is 5.82 Å². The van der Waals surface area contributed by atoms with Crippen molar-refractivity contribution >= 4 is 44.8 Å². The molecule has 0 aromatic heterocycles. The molecule has 0 radical (unpaired) electrons. The zero-order valence-corrected chi connectivity index (χ0v) is 15.3. The van der Waals surface area contributed by atoms with Crippen molar-refractivity contribution in [2.75, 3.05) is 11.9 Å². The first kappa shape index (κ1) is 19.7. The SMILES string of the molecule is O=C(CCCNS(=O)(=O)c1ccc(F)cc1)Nc1ccc(Cl)c(Cl)c1. The molecule has 25 heavy (non-hydrogen) atoms. The molecule has 0 atom stereocenters. The van der Waals surface area contributed by atoms with Gasteiger partial charge in [0.05, 0.1) is 14.9 Å². The minimum Gasteiger partial charge on any atom is -0.326 e. The van der Waals surface area contributed by atoms with Crippen LogP contribution in [0.3, 0.4) is 0 Å². The van der Waals surface area contributed by atoms with Gasteiger partial charge in [-0.3, -0.25) is 4.79 Å². The van der Waals surface area contributed by atoms with Crippen LogP contribution in [0.1, 0.15) is 12.8 Å². The summed E-state index contributed by atoms with van der Waals surface area (Å²) in [6.07, 6.45) is 0.416. The molecular formula is C16H15Cl2FN2O3S. The second-order valence-electron chi connectivity index (χ2n) is 5.13. The van der Waals surface area contributed by atoms with E-state index < -0.39 is 15.8 Å². The fraction of sp³-hybridized carbons (Fsp3) is 0.188. The Labute approximate surface area is 155 Å². The van der Waals surface area contributed by atoms with Crippen LogP contribution < -0.4 is 10.0 Å². The van der Waals surface area contributed by atoms with Gasteiger partial charge in [0, 0.05) is 18.7 Å². The summed E-state index contributed by atoms with van der Waals surface area (Å²) in [5, 5.41) is 3.35. The van der Waals surface area contributed by atoms with E-state index in [0.717, 1.165) is 12.1 Å². The van der Waals surface area contributed by atoms with Gasteiger partial charge in [0.25, 0.3) is 0 Å². The molecule has 0 spiro atoms. The summed E-state index contributed by atoms with van der Waals surface area (Å²) in [4.78, 5) is 11.8. The van der Waals surface area contributed by atoms with Crippen LogP contribution >= 0.6 is 23.2 Å². The van der Waals surface area contributed by atoms with Crippen molar-refractivity contribution in [1.82, 2.24) is 4.72 Å². The summed E-state index contributed by atoms with van der Waals surface area (Å²) in [5.41, 5.74) is 0.506. The number of benzene rings is 2. The van der Waals surface area contributed by atoms with Crippen molar-refractivity contribution in [2.45, 2.75) is 17.7 Å². The van der Waals surface area contributed by atoms with E-state index in [2.05, 4.69) is 10.0 Å². The van der Waals surface area contributed by atoms with Crippen LogP contribution in [0, 0.1) is 5.82 Å². The summed E-state index contributed by atoms with van der Waals surface area (Å²) in [6, 6.07) is 9.19. The lowest BCUT2D eigenvalue weighted by atomic mass is 10.2. The fourth-order valence-electron chi connectivity index (χ4n) is 1.95. The lowest BCUT2D eigenvalue weighted by molar-refractivity contribution is -0.116. The van der Waals surface area contributed by atoms with Gasteiger partial charge in [-0.1, -0.05) is 23.2 Å². The molecule has 0 unspecified atom stereocenters. The monoisotopic (exact) mass is 404 g/mol. The van der Waals surface area contributed by atoms with Crippen LogP contribution in [0.25, 0.3) is 0 Å². The third-order valence-electron chi connectivity index (χ3n) is 3.20. The normalized spacial score (nSPS) is 11.3. The highest BCUT2D eigenvalue weighted by atomic mass is 35.5. The second-order valence-corrected chi connectivity index (χ2v) is 7.71. The van der Waals surface area contributed by atoms with Crippen LogP contribution in [0.5, 0.6) is 0 Å². The van der Waals surface area contributed by atoms with Crippen molar-refractivity contribution in [3.63, 3.8) is 0 Å². The van der Waals surface area contributed by atoms with Crippen molar-refractivity contribution in [1.29, 1.82) is 0 Å². The number of hydrogen-bond donors (Lipinski definition) is 2. The van der Waals surface area contributed by atoms with Gasteiger partial charge in [-0.25, -0.2) is 17.5 Å². The van der Waals surface area contributed by atoms with E-state index in [1.54, 1.807) is 12.1 Å². The molecule has 0 bridgehead atoms. The molecule has 9 heteroatoms. The van der Waals surface area contributed by atoms with Crippen LogP contribution in [-0.2, 0) is 14.8 Å². The van der Waals surface area contributed by atoms with E-state index in [1.807, 2.05) is 0 Å². The Hall–Kier alpha value is -1.67. The summed E-state index contributed by atoms with van der Waals surface area (Å²) >= 11 is 11.6. The summed E-state index contributed by atoms with van der Waals surface area (Å²) in [6.45, 7) is 0.0779.